The van der Waals surface area contributed by atoms with Crippen LogP contribution in [0.1, 0.15) is 21.7 Å². The second kappa shape index (κ2) is 6.80. The zero-order valence-corrected chi connectivity index (χ0v) is 16.2. The number of aromatic nitrogens is 3. The molecule has 0 aliphatic heterocycles. The highest BCUT2D eigenvalue weighted by atomic mass is 35.5. The zero-order chi connectivity index (χ0) is 19.1. The molecule has 0 fully saturated rings. The molecule has 0 amide bonds. The fraction of sp³-hybridized carbons (Fsp3) is 0.0952. The van der Waals surface area contributed by atoms with Crippen LogP contribution in [0.15, 0.2) is 54.6 Å². The Balaban J connectivity index is 1.96. The number of pyridine rings is 1. The standard InChI is InChI=1S/C21H15Cl2N3O/c1-12-9-13(2)26(25-12)21(27)17-11-20(16-8-7-14(22)10-18(16)23)24-19-6-4-3-5-15(17)19/h3-11H,1-2H3. The third-order valence-corrected chi connectivity index (χ3v) is 4.90. The summed E-state index contributed by atoms with van der Waals surface area (Å²) in [5, 5.41) is 6.12. The summed E-state index contributed by atoms with van der Waals surface area (Å²) in [6, 6.07) is 16.4. The van der Waals surface area contributed by atoms with Crippen molar-refractivity contribution in [2.24, 2.45) is 0 Å². The van der Waals surface area contributed by atoms with Crippen LogP contribution in [-0.4, -0.2) is 20.7 Å². The summed E-state index contributed by atoms with van der Waals surface area (Å²) in [4.78, 5) is 17.9. The van der Waals surface area contributed by atoms with Crippen molar-refractivity contribution in [2.75, 3.05) is 0 Å². The smallest absolute Gasteiger partial charge is 0.267 e. The van der Waals surface area contributed by atoms with Crippen LogP contribution < -0.4 is 0 Å². The third-order valence-electron chi connectivity index (χ3n) is 4.36. The fourth-order valence-electron chi connectivity index (χ4n) is 3.14. The first-order chi connectivity index (χ1) is 12.9. The molecular weight excluding hydrogens is 381 g/mol. The quantitative estimate of drug-likeness (QED) is 0.436. The molecule has 6 heteroatoms. The van der Waals surface area contributed by atoms with E-state index in [-0.39, 0.29) is 5.91 Å². The number of para-hydroxylation sites is 1. The van der Waals surface area contributed by atoms with Crippen LogP contribution in [0.25, 0.3) is 22.2 Å². The van der Waals surface area contributed by atoms with Crippen LogP contribution in [0.3, 0.4) is 0 Å². The topological polar surface area (TPSA) is 47.8 Å². The summed E-state index contributed by atoms with van der Waals surface area (Å²) >= 11 is 12.4. The lowest BCUT2D eigenvalue weighted by atomic mass is 10.0. The van der Waals surface area contributed by atoms with Gasteiger partial charge in [0.1, 0.15) is 0 Å². The van der Waals surface area contributed by atoms with Gasteiger partial charge in [-0.2, -0.15) is 5.10 Å². The molecule has 0 saturated heterocycles. The van der Waals surface area contributed by atoms with Gasteiger partial charge in [-0.1, -0.05) is 41.4 Å². The number of hydrogen-bond donors (Lipinski definition) is 0. The minimum atomic E-state index is -0.203. The van der Waals surface area contributed by atoms with E-state index in [0.717, 1.165) is 16.8 Å². The van der Waals surface area contributed by atoms with Crippen LogP contribution in [0.4, 0.5) is 0 Å². The van der Waals surface area contributed by atoms with Crippen molar-refractivity contribution in [1.82, 2.24) is 14.8 Å². The number of aryl methyl sites for hydroxylation is 2. The van der Waals surface area contributed by atoms with Gasteiger partial charge in [-0.15, -0.1) is 0 Å². The summed E-state index contributed by atoms with van der Waals surface area (Å²) in [7, 11) is 0. The van der Waals surface area contributed by atoms with Crippen molar-refractivity contribution >= 4 is 40.0 Å². The Kier molecular flexibility index (Phi) is 4.46. The molecule has 0 aliphatic rings. The maximum Gasteiger partial charge on any atom is 0.279 e. The number of halogens is 2. The fourth-order valence-corrected chi connectivity index (χ4v) is 3.64. The number of benzene rings is 2. The van der Waals surface area contributed by atoms with E-state index in [9.17, 15) is 4.79 Å². The second-order valence-corrected chi connectivity index (χ2v) is 7.18. The maximum absolute atomic E-state index is 13.2. The van der Waals surface area contributed by atoms with Crippen molar-refractivity contribution in [3.63, 3.8) is 0 Å². The average molecular weight is 396 g/mol. The van der Waals surface area contributed by atoms with E-state index in [1.807, 2.05) is 44.2 Å². The normalized spacial score (nSPS) is 11.1. The van der Waals surface area contributed by atoms with E-state index in [0.29, 0.717) is 32.4 Å². The van der Waals surface area contributed by atoms with Crippen molar-refractivity contribution < 1.29 is 4.79 Å². The van der Waals surface area contributed by atoms with Crippen molar-refractivity contribution in [2.45, 2.75) is 13.8 Å². The first kappa shape index (κ1) is 17.7. The number of fused-ring (bicyclic) bond motifs is 1. The molecule has 2 aromatic carbocycles. The Morgan fingerprint density at radius 3 is 2.48 bits per heavy atom. The van der Waals surface area contributed by atoms with Gasteiger partial charge < -0.3 is 0 Å². The Labute approximate surface area is 166 Å². The van der Waals surface area contributed by atoms with E-state index in [4.69, 9.17) is 28.2 Å². The zero-order valence-electron chi connectivity index (χ0n) is 14.7. The van der Waals surface area contributed by atoms with E-state index < -0.39 is 0 Å². The van der Waals surface area contributed by atoms with Crippen molar-refractivity contribution in [3.8, 4) is 11.3 Å². The summed E-state index contributed by atoms with van der Waals surface area (Å²) in [5.74, 6) is -0.203. The molecule has 0 N–H and O–H groups in total. The van der Waals surface area contributed by atoms with Crippen LogP contribution in [0.2, 0.25) is 10.0 Å². The molecular formula is C21H15Cl2N3O. The predicted octanol–water partition coefficient (Wildman–Crippen LogP) is 5.71. The van der Waals surface area contributed by atoms with Gasteiger partial charge >= 0.3 is 0 Å². The minimum absolute atomic E-state index is 0.203. The summed E-state index contributed by atoms with van der Waals surface area (Å²) in [6.45, 7) is 3.72. The van der Waals surface area contributed by atoms with Crippen LogP contribution in [0, 0.1) is 13.8 Å². The lowest BCUT2D eigenvalue weighted by molar-refractivity contribution is 0.0944. The maximum atomic E-state index is 13.2. The van der Waals surface area contributed by atoms with Crippen LogP contribution >= 0.6 is 23.2 Å². The highest BCUT2D eigenvalue weighted by Gasteiger charge is 2.19. The number of hydrogen-bond acceptors (Lipinski definition) is 3. The van der Waals surface area contributed by atoms with Crippen molar-refractivity contribution in [1.29, 1.82) is 0 Å². The highest BCUT2D eigenvalue weighted by molar-refractivity contribution is 6.36. The van der Waals surface area contributed by atoms with E-state index >= 15 is 0 Å². The monoisotopic (exact) mass is 395 g/mol. The third kappa shape index (κ3) is 3.22. The average Bonchev–Trinajstić information content (AvgIpc) is 2.98. The Hall–Kier alpha value is -2.69. The van der Waals surface area contributed by atoms with Gasteiger partial charge in [-0.05, 0) is 50.2 Å². The Morgan fingerprint density at radius 1 is 1.00 bits per heavy atom. The molecule has 2 heterocycles. The molecule has 0 atom stereocenters. The molecule has 4 rings (SSSR count). The molecule has 0 saturated carbocycles. The first-order valence-corrected chi connectivity index (χ1v) is 9.13. The first-order valence-electron chi connectivity index (χ1n) is 8.37. The van der Waals surface area contributed by atoms with Crippen molar-refractivity contribution in [3.05, 3.63) is 81.6 Å². The lowest BCUT2D eigenvalue weighted by Crippen LogP contribution is -2.16. The van der Waals surface area contributed by atoms with Gasteiger partial charge in [-0.25, -0.2) is 9.67 Å². The molecule has 134 valence electrons. The van der Waals surface area contributed by atoms with Gasteiger partial charge in [0.25, 0.3) is 5.91 Å². The van der Waals surface area contributed by atoms with Crippen LogP contribution in [-0.2, 0) is 0 Å². The Bertz CT molecular complexity index is 1200. The van der Waals surface area contributed by atoms with E-state index in [1.54, 1.807) is 24.3 Å². The predicted molar refractivity (Wildman–Crippen MR) is 109 cm³/mol. The number of rotatable bonds is 2. The molecule has 0 spiro atoms. The Morgan fingerprint density at radius 2 is 1.78 bits per heavy atom. The summed E-state index contributed by atoms with van der Waals surface area (Å²) in [6.07, 6.45) is 0. The molecule has 0 bridgehead atoms. The molecule has 4 nitrogen and oxygen atoms in total. The van der Waals surface area contributed by atoms with E-state index in [1.165, 1.54) is 4.68 Å². The minimum Gasteiger partial charge on any atom is -0.267 e. The molecule has 0 aliphatic carbocycles. The van der Waals surface area contributed by atoms with Gasteiger partial charge in [0.15, 0.2) is 0 Å². The van der Waals surface area contributed by atoms with Gasteiger partial charge in [-0.3, -0.25) is 4.79 Å². The molecule has 0 radical (unpaired) electrons. The second-order valence-electron chi connectivity index (χ2n) is 6.34. The van der Waals surface area contributed by atoms with E-state index in [2.05, 4.69) is 5.10 Å². The molecule has 27 heavy (non-hydrogen) atoms. The molecule has 0 unspecified atom stereocenters. The molecule has 2 aromatic heterocycles. The lowest BCUT2D eigenvalue weighted by Gasteiger charge is -2.11. The summed E-state index contributed by atoms with van der Waals surface area (Å²) in [5.41, 5.74) is 4.14. The summed E-state index contributed by atoms with van der Waals surface area (Å²) < 4.78 is 1.42. The largest absolute Gasteiger partial charge is 0.279 e. The number of carbonyl (C=O) groups excluding carboxylic acids is 1. The number of carbonyl (C=O) groups is 1. The van der Waals surface area contributed by atoms with Gasteiger partial charge in [0.05, 0.1) is 27.5 Å². The van der Waals surface area contributed by atoms with Gasteiger partial charge in [0.2, 0.25) is 0 Å². The van der Waals surface area contributed by atoms with Crippen LogP contribution in [0.5, 0.6) is 0 Å². The highest BCUT2D eigenvalue weighted by Crippen LogP contribution is 2.32. The van der Waals surface area contributed by atoms with Gasteiger partial charge in [0, 0.05) is 21.7 Å². The SMILES string of the molecule is Cc1cc(C)n(C(=O)c2cc(-c3ccc(Cl)cc3Cl)nc3ccccc23)n1. The molecule has 4 aromatic rings. The number of nitrogens with zero attached hydrogens (tertiary/aromatic N) is 3.